The summed E-state index contributed by atoms with van der Waals surface area (Å²) in [5.41, 5.74) is 0. The molecule has 2 N–H and O–H groups in total. The zero-order valence-corrected chi connectivity index (χ0v) is 16.8. The molecule has 1 aromatic rings. The number of hydrogen-bond acceptors (Lipinski definition) is 5. The zero-order valence-electron chi connectivity index (χ0n) is 15.9. The predicted octanol–water partition coefficient (Wildman–Crippen LogP) is 1.11. The highest BCUT2D eigenvalue weighted by atomic mass is 32.2. The summed E-state index contributed by atoms with van der Waals surface area (Å²) in [6, 6.07) is 4.05. The molecule has 0 aromatic heterocycles. The molecule has 0 saturated carbocycles. The third-order valence-corrected chi connectivity index (χ3v) is 5.87. The Kier molecular flexibility index (Phi) is 7.72. The standard InChI is InChI=1S/C18H28FN3O4S/c1-13-11-22(12-14(2)26-13)10-6-9-20-18(23)15(3)21-27(24,25)17-8-5-4-7-16(17)19/h4-5,7-8,13-15,21H,6,9-12H2,1-3H3,(H,20,23)/t13?,14?,15-/m0/s1. The third-order valence-electron chi connectivity index (χ3n) is 4.30. The smallest absolute Gasteiger partial charge is 0.244 e. The van der Waals surface area contributed by atoms with Gasteiger partial charge in [-0.3, -0.25) is 9.69 Å². The fourth-order valence-corrected chi connectivity index (χ4v) is 4.43. The number of sulfonamides is 1. The molecule has 27 heavy (non-hydrogen) atoms. The van der Waals surface area contributed by atoms with Crippen LogP contribution in [0.5, 0.6) is 0 Å². The lowest BCUT2D eigenvalue weighted by Gasteiger charge is -2.35. The van der Waals surface area contributed by atoms with Crippen LogP contribution in [0.3, 0.4) is 0 Å². The summed E-state index contributed by atoms with van der Waals surface area (Å²) in [5, 5.41) is 2.72. The number of benzene rings is 1. The molecule has 7 nitrogen and oxygen atoms in total. The molecule has 152 valence electrons. The van der Waals surface area contributed by atoms with Crippen LogP contribution in [0.15, 0.2) is 29.2 Å². The van der Waals surface area contributed by atoms with E-state index >= 15 is 0 Å². The molecule has 1 heterocycles. The van der Waals surface area contributed by atoms with E-state index in [-0.39, 0.29) is 12.2 Å². The van der Waals surface area contributed by atoms with Crippen molar-refractivity contribution in [3.63, 3.8) is 0 Å². The molecule has 0 bridgehead atoms. The van der Waals surface area contributed by atoms with Gasteiger partial charge < -0.3 is 10.1 Å². The van der Waals surface area contributed by atoms with Crippen molar-refractivity contribution in [3.05, 3.63) is 30.1 Å². The Morgan fingerprint density at radius 1 is 1.30 bits per heavy atom. The predicted molar refractivity (Wildman–Crippen MR) is 100 cm³/mol. The highest BCUT2D eigenvalue weighted by Crippen LogP contribution is 2.13. The van der Waals surface area contributed by atoms with Crippen LogP contribution in [0.25, 0.3) is 0 Å². The van der Waals surface area contributed by atoms with Gasteiger partial charge in [-0.25, -0.2) is 12.8 Å². The molecular formula is C18H28FN3O4S. The average Bonchev–Trinajstić information content (AvgIpc) is 2.57. The Bertz CT molecular complexity index is 734. The second kappa shape index (κ2) is 9.59. The van der Waals surface area contributed by atoms with Crippen LogP contribution in [0.1, 0.15) is 27.2 Å². The Balaban J connectivity index is 1.76. The van der Waals surface area contributed by atoms with Crippen molar-refractivity contribution < 1.29 is 22.3 Å². The molecule has 1 aliphatic heterocycles. The fourth-order valence-electron chi connectivity index (χ4n) is 3.15. The second-order valence-corrected chi connectivity index (χ2v) is 8.62. The number of carbonyl (C=O) groups excluding carboxylic acids is 1. The van der Waals surface area contributed by atoms with Gasteiger partial charge in [0.15, 0.2) is 0 Å². The summed E-state index contributed by atoms with van der Waals surface area (Å²) in [6.07, 6.45) is 1.13. The molecule has 0 aliphatic carbocycles. The first-order valence-electron chi connectivity index (χ1n) is 9.11. The van der Waals surface area contributed by atoms with Crippen LogP contribution < -0.4 is 10.0 Å². The molecule has 1 amide bonds. The van der Waals surface area contributed by atoms with Gasteiger partial charge in [-0.15, -0.1) is 0 Å². The molecule has 0 spiro atoms. The maximum atomic E-state index is 13.7. The Morgan fingerprint density at radius 2 is 1.93 bits per heavy atom. The highest BCUT2D eigenvalue weighted by Gasteiger charge is 2.25. The summed E-state index contributed by atoms with van der Waals surface area (Å²) in [4.78, 5) is 13.9. The van der Waals surface area contributed by atoms with Crippen LogP contribution in [0.2, 0.25) is 0 Å². The number of carbonyl (C=O) groups is 1. The van der Waals surface area contributed by atoms with Gasteiger partial charge in [0, 0.05) is 26.2 Å². The molecule has 1 aromatic carbocycles. The van der Waals surface area contributed by atoms with Crippen LogP contribution in [0.4, 0.5) is 4.39 Å². The molecule has 1 saturated heterocycles. The summed E-state index contributed by atoms with van der Waals surface area (Å²) in [7, 11) is -4.10. The molecule has 1 aliphatic rings. The number of rotatable bonds is 8. The van der Waals surface area contributed by atoms with Crippen LogP contribution in [-0.2, 0) is 19.6 Å². The Hall–Kier alpha value is -1.55. The van der Waals surface area contributed by atoms with Crippen molar-refractivity contribution in [2.24, 2.45) is 0 Å². The number of ether oxygens (including phenoxy) is 1. The van der Waals surface area contributed by atoms with E-state index in [0.717, 1.165) is 38.2 Å². The largest absolute Gasteiger partial charge is 0.373 e. The SMILES string of the molecule is CC1CN(CCCNC(=O)[C@H](C)NS(=O)(=O)c2ccccc2F)CC(C)O1. The van der Waals surface area contributed by atoms with E-state index in [1.54, 1.807) is 0 Å². The monoisotopic (exact) mass is 401 g/mol. The van der Waals surface area contributed by atoms with Gasteiger partial charge in [-0.2, -0.15) is 4.72 Å². The van der Waals surface area contributed by atoms with Crippen molar-refractivity contribution in [1.29, 1.82) is 0 Å². The summed E-state index contributed by atoms with van der Waals surface area (Å²) in [5.74, 6) is -1.30. The van der Waals surface area contributed by atoms with E-state index in [0.29, 0.717) is 6.54 Å². The summed E-state index contributed by atoms with van der Waals surface area (Å²) < 4.78 is 46.0. The lowest BCUT2D eigenvalue weighted by atomic mass is 10.2. The Labute approximate surface area is 160 Å². The third kappa shape index (κ3) is 6.53. The molecule has 2 rings (SSSR count). The van der Waals surface area contributed by atoms with Gasteiger partial charge in [0.1, 0.15) is 10.7 Å². The number of nitrogens with one attached hydrogen (secondary N) is 2. The zero-order chi connectivity index (χ0) is 20.0. The first-order valence-corrected chi connectivity index (χ1v) is 10.6. The minimum atomic E-state index is -4.10. The van der Waals surface area contributed by atoms with Crippen molar-refractivity contribution in [3.8, 4) is 0 Å². The second-order valence-electron chi connectivity index (χ2n) is 6.93. The lowest BCUT2D eigenvalue weighted by molar-refractivity contribution is -0.122. The molecule has 0 radical (unpaired) electrons. The number of nitrogens with zero attached hydrogens (tertiary/aromatic N) is 1. The molecule has 9 heteroatoms. The van der Waals surface area contributed by atoms with Gasteiger partial charge in [0.05, 0.1) is 18.2 Å². The van der Waals surface area contributed by atoms with E-state index in [9.17, 15) is 17.6 Å². The molecule has 1 fully saturated rings. The topological polar surface area (TPSA) is 87.7 Å². The van der Waals surface area contributed by atoms with Crippen molar-refractivity contribution in [1.82, 2.24) is 14.9 Å². The quantitative estimate of drug-likeness (QED) is 0.637. The van der Waals surface area contributed by atoms with Crippen LogP contribution in [0, 0.1) is 5.82 Å². The van der Waals surface area contributed by atoms with Crippen molar-refractivity contribution >= 4 is 15.9 Å². The maximum Gasteiger partial charge on any atom is 0.244 e. The van der Waals surface area contributed by atoms with E-state index in [1.807, 2.05) is 13.8 Å². The van der Waals surface area contributed by atoms with Gasteiger partial charge in [-0.05, 0) is 39.3 Å². The van der Waals surface area contributed by atoms with Crippen molar-refractivity contribution in [2.75, 3.05) is 26.2 Å². The average molecular weight is 402 g/mol. The minimum Gasteiger partial charge on any atom is -0.373 e. The van der Waals surface area contributed by atoms with E-state index < -0.39 is 32.7 Å². The fraction of sp³-hybridized carbons (Fsp3) is 0.611. The highest BCUT2D eigenvalue weighted by molar-refractivity contribution is 7.89. The van der Waals surface area contributed by atoms with E-state index in [2.05, 4.69) is 14.9 Å². The molecule has 3 atom stereocenters. The van der Waals surface area contributed by atoms with Gasteiger partial charge >= 0.3 is 0 Å². The first-order chi connectivity index (χ1) is 12.7. The number of morpholine rings is 1. The minimum absolute atomic E-state index is 0.191. The van der Waals surface area contributed by atoms with Crippen LogP contribution >= 0.6 is 0 Å². The first kappa shape index (κ1) is 21.7. The number of amides is 1. The van der Waals surface area contributed by atoms with E-state index in [1.165, 1.54) is 19.1 Å². The molecular weight excluding hydrogens is 373 g/mol. The van der Waals surface area contributed by atoms with Crippen molar-refractivity contribution in [2.45, 2.75) is 50.3 Å². The lowest BCUT2D eigenvalue weighted by Crippen LogP contribution is -2.47. The van der Waals surface area contributed by atoms with Gasteiger partial charge in [-0.1, -0.05) is 12.1 Å². The van der Waals surface area contributed by atoms with Gasteiger partial charge in [0.2, 0.25) is 15.9 Å². The number of halogens is 1. The maximum absolute atomic E-state index is 13.7. The molecule has 2 unspecified atom stereocenters. The number of hydrogen-bond donors (Lipinski definition) is 2. The summed E-state index contributed by atoms with van der Waals surface area (Å²) in [6.45, 7) is 8.48. The Morgan fingerprint density at radius 3 is 2.56 bits per heavy atom. The normalized spacial score (nSPS) is 22.4. The van der Waals surface area contributed by atoms with Gasteiger partial charge in [0.25, 0.3) is 0 Å². The van der Waals surface area contributed by atoms with Crippen LogP contribution in [-0.4, -0.2) is 63.7 Å². The summed E-state index contributed by atoms with van der Waals surface area (Å²) >= 11 is 0. The van der Waals surface area contributed by atoms with E-state index in [4.69, 9.17) is 4.74 Å².